The fourth-order valence-corrected chi connectivity index (χ4v) is 6.31. The second-order valence-electron chi connectivity index (χ2n) is 7.60. The van der Waals surface area contributed by atoms with Gasteiger partial charge in [0.15, 0.2) is 0 Å². The van der Waals surface area contributed by atoms with Crippen molar-refractivity contribution in [2.24, 2.45) is 22.7 Å². The van der Waals surface area contributed by atoms with Crippen molar-refractivity contribution in [3.05, 3.63) is 0 Å². The number of carbonyl (C=O) groups excluding carboxylic acids is 1. The Morgan fingerprint density at radius 3 is 2.36 bits per heavy atom. The van der Waals surface area contributed by atoms with E-state index in [-0.39, 0.29) is 28.8 Å². The monoisotopic (exact) mass is 331 g/mol. The zero-order chi connectivity index (χ0) is 16.9. The zero-order valence-electron chi connectivity index (χ0n) is 13.5. The Morgan fingerprint density at radius 2 is 2.00 bits per heavy atom. The van der Waals surface area contributed by atoms with Crippen LogP contribution in [0.25, 0.3) is 0 Å². The summed E-state index contributed by atoms with van der Waals surface area (Å²) < 4.78 is 27.3. The molecule has 2 rings (SSSR count). The molecule has 0 saturated heterocycles. The van der Waals surface area contributed by atoms with Crippen LogP contribution in [0, 0.1) is 22.7 Å². The molecule has 0 spiro atoms. The van der Waals surface area contributed by atoms with Gasteiger partial charge in [-0.3, -0.25) is 9.59 Å². The third kappa shape index (κ3) is 2.58. The third-order valence-corrected chi connectivity index (χ3v) is 7.30. The van der Waals surface area contributed by atoms with Crippen molar-refractivity contribution in [1.29, 1.82) is 0 Å². The number of aliphatic carboxylic acids is 1. The molecule has 3 unspecified atom stereocenters. The smallest absolute Gasteiger partial charge is 0.321 e. The summed E-state index contributed by atoms with van der Waals surface area (Å²) in [5.41, 5.74) is -1.22. The van der Waals surface area contributed by atoms with E-state index >= 15 is 0 Å². The second-order valence-corrected chi connectivity index (χ2v) is 9.36. The quantitative estimate of drug-likeness (QED) is 0.766. The highest BCUT2D eigenvalue weighted by Crippen LogP contribution is 2.64. The van der Waals surface area contributed by atoms with Crippen LogP contribution < -0.4 is 4.72 Å². The number of hydrogen-bond acceptors (Lipinski definition) is 4. The van der Waals surface area contributed by atoms with Crippen LogP contribution >= 0.6 is 0 Å². The SMILES string of the molecule is CC(C)C(NS(=O)(=O)CC12CCC(CC1=O)C2(C)C)C(=O)O. The lowest BCUT2D eigenvalue weighted by Gasteiger charge is -2.36. The summed E-state index contributed by atoms with van der Waals surface area (Å²) >= 11 is 0. The molecule has 2 bridgehead atoms. The summed E-state index contributed by atoms with van der Waals surface area (Å²) in [6.07, 6.45) is 1.87. The van der Waals surface area contributed by atoms with Crippen molar-refractivity contribution in [1.82, 2.24) is 4.72 Å². The van der Waals surface area contributed by atoms with E-state index in [0.29, 0.717) is 12.8 Å². The zero-order valence-corrected chi connectivity index (χ0v) is 14.4. The van der Waals surface area contributed by atoms with Gasteiger partial charge in [0.1, 0.15) is 11.8 Å². The molecule has 7 heteroatoms. The summed E-state index contributed by atoms with van der Waals surface area (Å²) in [7, 11) is -3.85. The van der Waals surface area contributed by atoms with Crippen molar-refractivity contribution in [3.63, 3.8) is 0 Å². The number of carbonyl (C=O) groups is 2. The van der Waals surface area contributed by atoms with Crippen molar-refractivity contribution in [2.45, 2.75) is 53.0 Å². The van der Waals surface area contributed by atoms with Crippen LogP contribution in [0.5, 0.6) is 0 Å². The lowest BCUT2D eigenvalue weighted by molar-refractivity contribution is -0.140. The first kappa shape index (κ1) is 17.4. The van der Waals surface area contributed by atoms with Crippen LogP contribution in [0.3, 0.4) is 0 Å². The van der Waals surface area contributed by atoms with Gasteiger partial charge in [-0.15, -0.1) is 0 Å². The second kappa shape index (κ2) is 5.30. The minimum absolute atomic E-state index is 0.00977. The van der Waals surface area contributed by atoms with Gasteiger partial charge in [0.05, 0.1) is 5.75 Å². The highest BCUT2D eigenvalue weighted by atomic mass is 32.2. The maximum atomic E-state index is 12.5. The third-order valence-electron chi connectivity index (χ3n) is 5.81. The highest BCUT2D eigenvalue weighted by Gasteiger charge is 2.65. The Bertz CT molecular complexity index is 595. The summed E-state index contributed by atoms with van der Waals surface area (Å²) in [6, 6.07) is -1.17. The Balaban J connectivity index is 2.25. The van der Waals surface area contributed by atoms with Gasteiger partial charge in [-0.25, -0.2) is 13.1 Å². The van der Waals surface area contributed by atoms with Crippen LogP contribution in [-0.4, -0.2) is 37.1 Å². The molecule has 2 aliphatic rings. The average molecular weight is 331 g/mol. The molecule has 6 nitrogen and oxygen atoms in total. The summed E-state index contributed by atoms with van der Waals surface area (Å²) in [5.74, 6) is -1.63. The molecule has 0 amide bonds. The number of carboxylic acid groups (broad SMARTS) is 1. The van der Waals surface area contributed by atoms with Crippen LogP contribution in [0.4, 0.5) is 0 Å². The summed E-state index contributed by atoms with van der Waals surface area (Å²) in [6.45, 7) is 7.22. The number of nitrogens with one attached hydrogen (secondary N) is 1. The predicted octanol–water partition coefficient (Wildman–Crippen LogP) is 1.41. The lowest BCUT2D eigenvalue weighted by atomic mass is 9.70. The Labute approximate surface area is 131 Å². The average Bonchev–Trinajstić information content (AvgIpc) is 2.68. The van der Waals surface area contributed by atoms with Crippen molar-refractivity contribution < 1.29 is 23.1 Å². The largest absolute Gasteiger partial charge is 0.480 e. The summed E-state index contributed by atoms with van der Waals surface area (Å²) in [5, 5.41) is 9.16. The minimum atomic E-state index is -3.85. The van der Waals surface area contributed by atoms with Gasteiger partial charge < -0.3 is 5.11 Å². The predicted molar refractivity (Wildman–Crippen MR) is 81.7 cm³/mol. The van der Waals surface area contributed by atoms with Gasteiger partial charge in [0.25, 0.3) is 0 Å². The molecule has 2 aliphatic carbocycles. The van der Waals surface area contributed by atoms with E-state index in [1.807, 2.05) is 13.8 Å². The standard InChI is InChI=1S/C15H25NO5S/c1-9(2)12(13(18)19)16-22(20,21)8-15-6-5-10(7-11(15)17)14(15,3)4/h9-10,12,16H,5-8H2,1-4H3,(H,18,19). The van der Waals surface area contributed by atoms with Gasteiger partial charge in [-0.05, 0) is 30.1 Å². The van der Waals surface area contributed by atoms with Crippen molar-refractivity contribution in [3.8, 4) is 0 Å². The number of sulfonamides is 1. The fraction of sp³-hybridized carbons (Fsp3) is 0.867. The Morgan fingerprint density at radius 1 is 1.41 bits per heavy atom. The number of carboxylic acids is 1. The van der Waals surface area contributed by atoms with Crippen LogP contribution in [-0.2, 0) is 19.6 Å². The van der Waals surface area contributed by atoms with E-state index in [1.165, 1.54) is 0 Å². The van der Waals surface area contributed by atoms with Crippen LogP contribution in [0.1, 0.15) is 47.0 Å². The van der Waals surface area contributed by atoms with E-state index in [4.69, 9.17) is 5.11 Å². The number of rotatable bonds is 6. The first-order valence-electron chi connectivity index (χ1n) is 7.69. The van der Waals surface area contributed by atoms with Gasteiger partial charge in [-0.1, -0.05) is 27.7 Å². The Hall–Kier alpha value is -0.950. The molecule has 3 atom stereocenters. The van der Waals surface area contributed by atoms with Gasteiger partial charge in [0, 0.05) is 11.8 Å². The van der Waals surface area contributed by atoms with E-state index in [9.17, 15) is 18.0 Å². The summed E-state index contributed by atoms with van der Waals surface area (Å²) in [4.78, 5) is 23.6. The van der Waals surface area contributed by atoms with E-state index in [2.05, 4.69) is 4.72 Å². The molecule has 0 aromatic rings. The molecule has 0 aromatic carbocycles. The lowest BCUT2D eigenvalue weighted by Crippen LogP contribution is -2.50. The van der Waals surface area contributed by atoms with Gasteiger partial charge >= 0.3 is 5.97 Å². The minimum Gasteiger partial charge on any atom is -0.480 e. The molecule has 22 heavy (non-hydrogen) atoms. The molecule has 0 heterocycles. The van der Waals surface area contributed by atoms with Crippen molar-refractivity contribution >= 4 is 21.8 Å². The maximum absolute atomic E-state index is 12.5. The van der Waals surface area contributed by atoms with Crippen LogP contribution in [0.15, 0.2) is 0 Å². The first-order valence-corrected chi connectivity index (χ1v) is 9.34. The molecule has 2 fully saturated rings. The maximum Gasteiger partial charge on any atom is 0.321 e. The van der Waals surface area contributed by atoms with E-state index in [0.717, 1.165) is 6.42 Å². The highest BCUT2D eigenvalue weighted by molar-refractivity contribution is 7.89. The molecule has 2 N–H and O–H groups in total. The molecule has 126 valence electrons. The number of fused-ring (bicyclic) bond motifs is 2. The fourth-order valence-electron chi connectivity index (χ4n) is 4.14. The van der Waals surface area contributed by atoms with Gasteiger partial charge in [-0.2, -0.15) is 0 Å². The molecular formula is C15H25NO5S. The molecular weight excluding hydrogens is 306 g/mol. The first-order chi connectivity index (χ1) is 9.93. The van der Waals surface area contributed by atoms with E-state index < -0.39 is 27.4 Å². The van der Waals surface area contributed by atoms with Crippen LogP contribution in [0.2, 0.25) is 0 Å². The molecule has 0 aromatic heterocycles. The van der Waals surface area contributed by atoms with Crippen molar-refractivity contribution in [2.75, 3.05) is 5.75 Å². The van der Waals surface area contributed by atoms with Gasteiger partial charge in [0.2, 0.25) is 10.0 Å². The Kier molecular flexibility index (Phi) is 4.19. The number of ketones is 1. The number of hydrogen-bond donors (Lipinski definition) is 2. The molecule has 0 radical (unpaired) electrons. The van der Waals surface area contributed by atoms with E-state index in [1.54, 1.807) is 13.8 Å². The molecule has 0 aliphatic heterocycles. The normalized spacial score (nSPS) is 31.7. The molecule has 2 saturated carbocycles. The topological polar surface area (TPSA) is 101 Å². The number of Topliss-reactive ketones (excluding diaryl/α,β-unsaturated/α-hetero) is 1.